The Bertz CT molecular complexity index is 1740. The van der Waals surface area contributed by atoms with Crippen LogP contribution in [0, 0.1) is 29.2 Å². The summed E-state index contributed by atoms with van der Waals surface area (Å²) in [5, 5.41) is 9.37. The number of benzene rings is 4. The molecule has 1 aliphatic heterocycles. The van der Waals surface area contributed by atoms with Gasteiger partial charge in [-0.05, 0) is 98.7 Å². The van der Waals surface area contributed by atoms with Crippen molar-refractivity contribution in [2.24, 2.45) is 5.92 Å². The minimum Gasteiger partial charge on any atom is -0.505 e. The monoisotopic (exact) mass is 752 g/mol. The maximum Gasteiger partial charge on any atom is 0.201 e. The Morgan fingerprint density at radius 2 is 1.06 bits per heavy atom. The Morgan fingerprint density at radius 3 is 1.56 bits per heavy atom. The Labute approximate surface area is 316 Å². The van der Waals surface area contributed by atoms with Gasteiger partial charge in [-0.2, -0.15) is 8.78 Å². The van der Waals surface area contributed by atoms with Gasteiger partial charge in [0.25, 0.3) is 0 Å². The summed E-state index contributed by atoms with van der Waals surface area (Å²) in [7, 11) is 0. The average Bonchev–Trinajstić information content (AvgIpc) is 3.19. The number of halogens is 4. The minimum atomic E-state index is -1.26. The molecule has 0 aliphatic carbocycles. The summed E-state index contributed by atoms with van der Waals surface area (Å²) in [6.45, 7) is 6.72. The quantitative estimate of drug-likeness (QED) is 0.0675. The molecule has 4 aromatic carbocycles. The van der Waals surface area contributed by atoms with Crippen LogP contribution in [0.1, 0.15) is 84.5 Å². The molecule has 1 fully saturated rings. The fraction of sp³-hybridized carbons (Fsp3) is 0.455. The molecule has 1 aliphatic rings. The zero-order chi connectivity index (χ0) is 38.3. The Balaban J connectivity index is 0.969. The molecule has 54 heavy (non-hydrogen) atoms. The van der Waals surface area contributed by atoms with Crippen molar-refractivity contribution in [2.45, 2.75) is 90.3 Å². The molecule has 4 aromatic rings. The van der Waals surface area contributed by atoms with Gasteiger partial charge in [0.1, 0.15) is 11.5 Å². The molecule has 10 heteroatoms. The minimum absolute atomic E-state index is 0.0816. The molecule has 1 heterocycles. The summed E-state index contributed by atoms with van der Waals surface area (Å²) in [6.07, 6.45) is 10.6. The van der Waals surface area contributed by atoms with Gasteiger partial charge in [0.2, 0.25) is 11.6 Å². The van der Waals surface area contributed by atoms with E-state index in [0.717, 1.165) is 89.9 Å². The standard InChI is InChI=1S/C44H52F4O6/c1-3-31-29-53-44(54-30-31,25-9-5-7-11-27-51-34-17-13-32(14-18-34)36-21-23-38(49)42(47)40(36)45)26-10-6-8-12-28-52-35-19-15-33(16-20-35)37-22-24-39(50-4-2)43(48)41(37)46/h13-24,31,49H,3-12,25-30H2,1-2H3. The van der Waals surface area contributed by atoms with E-state index in [2.05, 4.69) is 6.92 Å². The molecule has 5 rings (SSSR count). The number of hydrogen-bond acceptors (Lipinski definition) is 6. The summed E-state index contributed by atoms with van der Waals surface area (Å²) in [5.74, 6) is -3.82. The van der Waals surface area contributed by atoms with E-state index in [9.17, 15) is 22.7 Å². The predicted molar refractivity (Wildman–Crippen MR) is 202 cm³/mol. The number of phenols is 1. The lowest BCUT2D eigenvalue weighted by Gasteiger charge is -2.40. The van der Waals surface area contributed by atoms with E-state index in [-0.39, 0.29) is 23.5 Å². The van der Waals surface area contributed by atoms with Crippen molar-refractivity contribution < 1.29 is 46.4 Å². The van der Waals surface area contributed by atoms with Gasteiger partial charge in [-0.3, -0.25) is 0 Å². The summed E-state index contributed by atoms with van der Waals surface area (Å²) < 4.78 is 86.6. The lowest BCUT2D eigenvalue weighted by Crippen LogP contribution is -2.44. The molecule has 0 atom stereocenters. The molecule has 0 saturated carbocycles. The first-order valence-corrected chi connectivity index (χ1v) is 19.3. The maximum absolute atomic E-state index is 14.6. The predicted octanol–water partition coefficient (Wildman–Crippen LogP) is 11.8. The molecule has 1 saturated heterocycles. The topological polar surface area (TPSA) is 66.4 Å². The average molecular weight is 753 g/mol. The van der Waals surface area contributed by atoms with E-state index in [1.165, 1.54) is 18.2 Å². The SMILES string of the molecule is CCOc1ccc(-c2ccc(OCCCCCCC3(CCCCCCOc4ccc(-c5ccc(O)c(F)c5F)cc4)OCC(CC)CO3)cc2)c(F)c1F. The van der Waals surface area contributed by atoms with E-state index >= 15 is 0 Å². The molecule has 0 spiro atoms. The molecule has 1 N–H and O–H groups in total. The third-order valence-electron chi connectivity index (χ3n) is 9.92. The van der Waals surface area contributed by atoms with Gasteiger partial charge in [0.15, 0.2) is 28.9 Å². The first kappa shape index (κ1) is 40.9. The van der Waals surface area contributed by atoms with Gasteiger partial charge in [0, 0.05) is 29.9 Å². The van der Waals surface area contributed by atoms with Crippen LogP contribution < -0.4 is 14.2 Å². The van der Waals surface area contributed by atoms with Crippen molar-refractivity contribution in [1.82, 2.24) is 0 Å². The van der Waals surface area contributed by atoms with Crippen molar-refractivity contribution in [3.63, 3.8) is 0 Å². The Kier molecular flexibility index (Phi) is 15.5. The van der Waals surface area contributed by atoms with Gasteiger partial charge in [-0.25, -0.2) is 8.78 Å². The van der Waals surface area contributed by atoms with Crippen LogP contribution in [-0.4, -0.2) is 43.9 Å². The molecule has 0 unspecified atom stereocenters. The van der Waals surface area contributed by atoms with E-state index in [0.29, 0.717) is 41.8 Å². The van der Waals surface area contributed by atoms with Crippen molar-refractivity contribution in [3.05, 3.63) is 96.1 Å². The molecular formula is C44H52F4O6. The molecule has 292 valence electrons. The second kappa shape index (κ2) is 20.4. The smallest absolute Gasteiger partial charge is 0.201 e. The maximum atomic E-state index is 14.6. The molecule has 0 aromatic heterocycles. The molecular weight excluding hydrogens is 700 g/mol. The summed E-state index contributed by atoms with van der Waals surface area (Å²) in [6, 6.07) is 19.3. The number of aromatic hydroxyl groups is 1. The lowest BCUT2D eigenvalue weighted by molar-refractivity contribution is -0.290. The van der Waals surface area contributed by atoms with Gasteiger partial charge >= 0.3 is 0 Å². The van der Waals surface area contributed by atoms with Crippen LogP contribution in [0.15, 0.2) is 72.8 Å². The van der Waals surface area contributed by atoms with Crippen LogP contribution >= 0.6 is 0 Å². The highest BCUT2D eigenvalue weighted by molar-refractivity contribution is 5.67. The number of rotatable bonds is 21. The molecule has 0 bridgehead atoms. The second-order valence-electron chi connectivity index (χ2n) is 13.8. The largest absolute Gasteiger partial charge is 0.505 e. The van der Waals surface area contributed by atoms with Crippen LogP contribution in [0.25, 0.3) is 22.3 Å². The summed E-state index contributed by atoms with van der Waals surface area (Å²) >= 11 is 0. The van der Waals surface area contributed by atoms with Crippen molar-refractivity contribution >= 4 is 0 Å². The first-order valence-electron chi connectivity index (χ1n) is 19.3. The number of hydrogen-bond donors (Lipinski definition) is 1. The van der Waals surface area contributed by atoms with Gasteiger partial charge < -0.3 is 28.8 Å². The van der Waals surface area contributed by atoms with Crippen LogP contribution in [-0.2, 0) is 9.47 Å². The lowest BCUT2D eigenvalue weighted by atomic mass is 9.97. The van der Waals surface area contributed by atoms with E-state index in [4.69, 9.17) is 23.7 Å². The van der Waals surface area contributed by atoms with E-state index < -0.39 is 34.8 Å². The summed E-state index contributed by atoms with van der Waals surface area (Å²) in [4.78, 5) is 0. The highest BCUT2D eigenvalue weighted by Gasteiger charge is 2.36. The molecule has 6 nitrogen and oxygen atoms in total. The highest BCUT2D eigenvalue weighted by Crippen LogP contribution is 2.35. The normalized spacial score (nSPS) is 17.0. The Morgan fingerprint density at radius 1 is 0.574 bits per heavy atom. The van der Waals surface area contributed by atoms with Crippen LogP contribution in [0.5, 0.6) is 23.0 Å². The zero-order valence-electron chi connectivity index (χ0n) is 31.3. The van der Waals surface area contributed by atoms with Crippen LogP contribution in [0.4, 0.5) is 17.6 Å². The zero-order valence-corrected chi connectivity index (χ0v) is 31.3. The van der Waals surface area contributed by atoms with Crippen molar-refractivity contribution in [3.8, 4) is 45.3 Å². The van der Waals surface area contributed by atoms with Crippen LogP contribution in [0.2, 0.25) is 0 Å². The third kappa shape index (κ3) is 11.1. The van der Waals surface area contributed by atoms with E-state index in [1.807, 2.05) is 0 Å². The fourth-order valence-electron chi connectivity index (χ4n) is 6.60. The van der Waals surface area contributed by atoms with Gasteiger partial charge in [-0.15, -0.1) is 0 Å². The summed E-state index contributed by atoms with van der Waals surface area (Å²) in [5.41, 5.74) is 1.32. The van der Waals surface area contributed by atoms with Crippen molar-refractivity contribution in [1.29, 1.82) is 0 Å². The van der Waals surface area contributed by atoms with Gasteiger partial charge in [-0.1, -0.05) is 56.9 Å². The number of ether oxygens (including phenoxy) is 5. The number of phenolic OH excluding ortho intramolecular Hbond substituents is 1. The Hall–Kier alpha value is -4.28. The second-order valence-corrected chi connectivity index (χ2v) is 13.8. The highest BCUT2D eigenvalue weighted by atomic mass is 19.2. The van der Waals surface area contributed by atoms with Crippen LogP contribution in [0.3, 0.4) is 0 Å². The third-order valence-corrected chi connectivity index (χ3v) is 9.92. The van der Waals surface area contributed by atoms with Crippen molar-refractivity contribution in [2.75, 3.05) is 33.0 Å². The molecule has 0 radical (unpaired) electrons. The first-order chi connectivity index (χ1) is 26.2. The number of unbranched alkanes of at least 4 members (excludes halogenated alkanes) is 6. The van der Waals surface area contributed by atoms with E-state index in [1.54, 1.807) is 55.5 Å². The van der Waals surface area contributed by atoms with Gasteiger partial charge in [0.05, 0.1) is 33.0 Å². The molecule has 0 amide bonds. The fourth-order valence-corrected chi connectivity index (χ4v) is 6.60.